The number of rotatable bonds is 3. The summed E-state index contributed by atoms with van der Waals surface area (Å²) in [6.45, 7) is 2.90. The summed E-state index contributed by atoms with van der Waals surface area (Å²) in [6, 6.07) is 5.50. The van der Waals surface area contributed by atoms with E-state index in [1.807, 2.05) is 19.1 Å². The van der Waals surface area contributed by atoms with Crippen molar-refractivity contribution in [3.05, 3.63) is 29.3 Å². The van der Waals surface area contributed by atoms with Crippen molar-refractivity contribution in [1.29, 1.82) is 0 Å². The van der Waals surface area contributed by atoms with Gasteiger partial charge in [-0.25, -0.2) is 0 Å². The summed E-state index contributed by atoms with van der Waals surface area (Å²) < 4.78 is 9.97. The van der Waals surface area contributed by atoms with E-state index in [0.717, 1.165) is 5.56 Å². The molecule has 0 aromatic heterocycles. The van der Waals surface area contributed by atoms with Gasteiger partial charge in [0, 0.05) is 13.1 Å². The highest BCUT2D eigenvalue weighted by molar-refractivity contribution is 5.97. The number of hydrogen-bond acceptors (Lipinski definition) is 4. The first-order chi connectivity index (χ1) is 9.56. The van der Waals surface area contributed by atoms with Crippen molar-refractivity contribution in [3.63, 3.8) is 0 Å². The summed E-state index contributed by atoms with van der Waals surface area (Å²) in [4.78, 5) is 25.7. The van der Waals surface area contributed by atoms with Gasteiger partial charge in [-0.2, -0.15) is 0 Å². The predicted octanol–water partition coefficient (Wildman–Crippen LogP) is 1.64. The van der Waals surface area contributed by atoms with Gasteiger partial charge in [0.2, 0.25) is 0 Å². The smallest absolute Gasteiger partial charge is 0.310 e. The minimum atomic E-state index is -0.253. The van der Waals surface area contributed by atoms with Gasteiger partial charge in [0.25, 0.3) is 5.91 Å². The topological polar surface area (TPSA) is 55.8 Å². The predicted molar refractivity (Wildman–Crippen MR) is 73.8 cm³/mol. The SMILES string of the molecule is COC(=O)C1CCN(C(=O)c2cc(C)ccc2OC)C1. The van der Waals surface area contributed by atoms with Crippen LogP contribution in [0.3, 0.4) is 0 Å². The molecule has 20 heavy (non-hydrogen) atoms. The van der Waals surface area contributed by atoms with Gasteiger partial charge in [0.15, 0.2) is 0 Å². The first-order valence-corrected chi connectivity index (χ1v) is 6.58. The van der Waals surface area contributed by atoms with Gasteiger partial charge in [0.1, 0.15) is 5.75 Å². The second kappa shape index (κ2) is 5.94. The van der Waals surface area contributed by atoms with Crippen molar-refractivity contribution >= 4 is 11.9 Å². The molecule has 5 nitrogen and oxygen atoms in total. The van der Waals surface area contributed by atoms with E-state index in [1.165, 1.54) is 7.11 Å². The zero-order chi connectivity index (χ0) is 14.7. The molecule has 1 amide bonds. The zero-order valence-electron chi connectivity index (χ0n) is 12.0. The van der Waals surface area contributed by atoms with Crippen LogP contribution in [0.25, 0.3) is 0 Å². The summed E-state index contributed by atoms with van der Waals surface area (Å²) in [6.07, 6.45) is 0.645. The fraction of sp³-hybridized carbons (Fsp3) is 0.467. The Hall–Kier alpha value is -2.04. The largest absolute Gasteiger partial charge is 0.496 e. The Kier molecular flexibility index (Phi) is 4.27. The number of carbonyl (C=O) groups is 2. The number of ether oxygens (including phenoxy) is 2. The van der Waals surface area contributed by atoms with Crippen LogP contribution >= 0.6 is 0 Å². The number of nitrogens with zero attached hydrogens (tertiary/aromatic N) is 1. The number of amides is 1. The molecule has 0 N–H and O–H groups in total. The molecule has 1 atom stereocenters. The number of methoxy groups -OCH3 is 2. The van der Waals surface area contributed by atoms with Crippen LogP contribution in [0.15, 0.2) is 18.2 Å². The number of likely N-dealkylation sites (tertiary alicyclic amines) is 1. The molecule has 1 fully saturated rings. The molecule has 1 saturated heterocycles. The van der Waals surface area contributed by atoms with Crippen molar-refractivity contribution in [2.75, 3.05) is 27.3 Å². The number of hydrogen-bond donors (Lipinski definition) is 0. The maximum atomic E-state index is 12.5. The van der Waals surface area contributed by atoms with E-state index in [0.29, 0.717) is 30.8 Å². The Bertz CT molecular complexity index is 527. The number of carbonyl (C=O) groups excluding carboxylic acids is 2. The molecule has 1 unspecified atom stereocenters. The Morgan fingerprint density at radius 2 is 2.05 bits per heavy atom. The molecule has 0 bridgehead atoms. The highest BCUT2D eigenvalue weighted by Crippen LogP contribution is 2.25. The average Bonchev–Trinajstić information content (AvgIpc) is 2.95. The van der Waals surface area contributed by atoms with E-state index in [1.54, 1.807) is 18.1 Å². The molecule has 1 aliphatic heterocycles. The third kappa shape index (κ3) is 2.76. The van der Waals surface area contributed by atoms with Gasteiger partial charge in [-0.3, -0.25) is 9.59 Å². The van der Waals surface area contributed by atoms with Crippen LogP contribution in [0.5, 0.6) is 5.75 Å². The van der Waals surface area contributed by atoms with E-state index in [9.17, 15) is 9.59 Å². The Morgan fingerprint density at radius 1 is 1.30 bits per heavy atom. The highest BCUT2D eigenvalue weighted by atomic mass is 16.5. The van der Waals surface area contributed by atoms with Crippen LogP contribution < -0.4 is 4.74 Å². The average molecular weight is 277 g/mol. The lowest BCUT2D eigenvalue weighted by atomic mass is 10.1. The molecule has 0 aliphatic carbocycles. The Labute approximate surface area is 118 Å². The molecular formula is C15H19NO4. The highest BCUT2D eigenvalue weighted by Gasteiger charge is 2.32. The van der Waals surface area contributed by atoms with E-state index in [2.05, 4.69) is 0 Å². The summed E-state index contributed by atoms with van der Waals surface area (Å²) in [5, 5.41) is 0. The number of benzene rings is 1. The molecule has 1 aliphatic rings. The molecule has 1 heterocycles. The van der Waals surface area contributed by atoms with Crippen molar-refractivity contribution in [1.82, 2.24) is 4.90 Å². The Balaban J connectivity index is 2.17. The van der Waals surface area contributed by atoms with Gasteiger partial charge in [-0.1, -0.05) is 11.6 Å². The third-order valence-corrected chi connectivity index (χ3v) is 3.60. The zero-order valence-corrected chi connectivity index (χ0v) is 12.0. The second-order valence-corrected chi connectivity index (χ2v) is 4.96. The first-order valence-electron chi connectivity index (χ1n) is 6.58. The molecule has 0 spiro atoms. The fourth-order valence-electron chi connectivity index (χ4n) is 2.46. The molecule has 0 radical (unpaired) electrons. The van der Waals surface area contributed by atoms with Gasteiger partial charge in [0.05, 0.1) is 25.7 Å². The maximum Gasteiger partial charge on any atom is 0.310 e. The molecule has 0 saturated carbocycles. The van der Waals surface area contributed by atoms with E-state index in [4.69, 9.17) is 9.47 Å². The summed E-state index contributed by atoms with van der Waals surface area (Å²) in [7, 11) is 2.92. The van der Waals surface area contributed by atoms with Gasteiger partial charge >= 0.3 is 5.97 Å². The van der Waals surface area contributed by atoms with Crippen molar-refractivity contribution < 1.29 is 19.1 Å². The quantitative estimate of drug-likeness (QED) is 0.788. The van der Waals surface area contributed by atoms with Crippen LogP contribution in [0, 0.1) is 12.8 Å². The summed E-state index contributed by atoms with van der Waals surface area (Å²) >= 11 is 0. The molecule has 5 heteroatoms. The van der Waals surface area contributed by atoms with Crippen LogP contribution in [0.4, 0.5) is 0 Å². The number of esters is 1. The van der Waals surface area contributed by atoms with Crippen molar-refractivity contribution in [3.8, 4) is 5.75 Å². The van der Waals surface area contributed by atoms with Crippen LogP contribution in [0.2, 0.25) is 0 Å². The van der Waals surface area contributed by atoms with E-state index in [-0.39, 0.29) is 17.8 Å². The number of aryl methyl sites for hydroxylation is 1. The first kappa shape index (κ1) is 14.4. The normalized spacial score (nSPS) is 17.9. The van der Waals surface area contributed by atoms with Crippen LogP contribution in [-0.2, 0) is 9.53 Å². The van der Waals surface area contributed by atoms with E-state index >= 15 is 0 Å². The van der Waals surface area contributed by atoms with E-state index < -0.39 is 0 Å². The maximum absolute atomic E-state index is 12.5. The second-order valence-electron chi connectivity index (χ2n) is 4.96. The molecule has 1 aromatic rings. The van der Waals surface area contributed by atoms with Crippen molar-refractivity contribution in [2.45, 2.75) is 13.3 Å². The minimum absolute atomic E-state index is 0.100. The lowest BCUT2D eigenvalue weighted by molar-refractivity contribution is -0.144. The lowest BCUT2D eigenvalue weighted by Crippen LogP contribution is -2.30. The van der Waals surface area contributed by atoms with Gasteiger partial charge in [-0.05, 0) is 25.5 Å². The Morgan fingerprint density at radius 3 is 2.70 bits per heavy atom. The summed E-state index contributed by atoms with van der Waals surface area (Å²) in [5.74, 6) is -0.0182. The molecule has 2 rings (SSSR count). The third-order valence-electron chi connectivity index (χ3n) is 3.60. The van der Waals surface area contributed by atoms with Crippen LogP contribution in [-0.4, -0.2) is 44.1 Å². The van der Waals surface area contributed by atoms with Gasteiger partial charge < -0.3 is 14.4 Å². The minimum Gasteiger partial charge on any atom is -0.496 e. The van der Waals surface area contributed by atoms with Crippen LogP contribution in [0.1, 0.15) is 22.3 Å². The summed E-state index contributed by atoms with van der Waals surface area (Å²) in [5.41, 5.74) is 1.54. The lowest BCUT2D eigenvalue weighted by Gasteiger charge is -2.18. The molecule has 108 valence electrons. The standard InChI is InChI=1S/C15H19NO4/c1-10-4-5-13(19-2)12(8-10)14(17)16-7-6-11(9-16)15(18)20-3/h4-5,8,11H,6-7,9H2,1-3H3. The fourth-order valence-corrected chi connectivity index (χ4v) is 2.46. The molecule has 1 aromatic carbocycles. The molecular weight excluding hydrogens is 258 g/mol. The van der Waals surface area contributed by atoms with Crippen molar-refractivity contribution in [2.24, 2.45) is 5.92 Å². The monoisotopic (exact) mass is 277 g/mol. The van der Waals surface area contributed by atoms with Gasteiger partial charge in [-0.15, -0.1) is 0 Å².